The van der Waals surface area contributed by atoms with Gasteiger partial charge in [0.25, 0.3) is 5.56 Å². The van der Waals surface area contributed by atoms with Crippen molar-refractivity contribution >= 4 is 27.7 Å². The first-order chi connectivity index (χ1) is 18.1. The fourth-order valence-electron chi connectivity index (χ4n) is 5.63. The Morgan fingerprint density at radius 3 is 2.54 bits per heavy atom. The highest BCUT2D eigenvalue weighted by atomic mass is 16.2. The third kappa shape index (κ3) is 4.02. The number of H-pyrrole nitrogens is 1. The van der Waals surface area contributed by atoms with Crippen molar-refractivity contribution in [2.45, 2.75) is 25.8 Å². The van der Waals surface area contributed by atoms with Crippen LogP contribution < -0.4 is 5.56 Å². The van der Waals surface area contributed by atoms with E-state index in [4.69, 9.17) is 4.98 Å². The lowest BCUT2D eigenvalue weighted by atomic mass is 10.0. The Balaban J connectivity index is 1.24. The van der Waals surface area contributed by atoms with Gasteiger partial charge in [0.05, 0.1) is 10.9 Å². The summed E-state index contributed by atoms with van der Waals surface area (Å²) >= 11 is 0. The molecule has 6 nitrogen and oxygen atoms in total. The summed E-state index contributed by atoms with van der Waals surface area (Å²) in [4.78, 5) is 36.5. The molecule has 2 fully saturated rings. The monoisotopic (exact) mass is 488 g/mol. The Hall–Kier alpha value is -4.19. The van der Waals surface area contributed by atoms with Crippen molar-refractivity contribution in [1.82, 2.24) is 19.4 Å². The Labute approximate surface area is 214 Å². The van der Waals surface area contributed by atoms with E-state index in [1.165, 1.54) is 5.39 Å². The number of hydrogen-bond acceptors (Lipinski definition) is 3. The Bertz CT molecular complexity index is 1690. The van der Waals surface area contributed by atoms with Crippen LogP contribution in [0.3, 0.4) is 0 Å². The second-order valence-electron chi connectivity index (χ2n) is 10.4. The lowest BCUT2D eigenvalue weighted by Gasteiger charge is -2.19. The quantitative estimate of drug-likeness (QED) is 0.357. The molecule has 37 heavy (non-hydrogen) atoms. The number of para-hydroxylation sites is 1. The Morgan fingerprint density at radius 1 is 0.919 bits per heavy atom. The minimum Gasteiger partial charge on any atom is -0.361 e. The van der Waals surface area contributed by atoms with Crippen LogP contribution in [0.25, 0.3) is 44.3 Å². The van der Waals surface area contributed by atoms with Crippen LogP contribution in [-0.2, 0) is 11.3 Å². The molecule has 3 aromatic carbocycles. The Kier molecular flexibility index (Phi) is 5.20. The number of nitrogens with one attached hydrogen (secondary N) is 1. The topological polar surface area (TPSA) is 71.0 Å². The van der Waals surface area contributed by atoms with Crippen LogP contribution in [0.4, 0.5) is 0 Å². The summed E-state index contributed by atoms with van der Waals surface area (Å²) in [5.74, 6) is 1.45. The molecule has 5 aromatic rings. The molecule has 184 valence electrons. The highest BCUT2D eigenvalue weighted by Crippen LogP contribution is 2.33. The lowest BCUT2D eigenvalue weighted by Crippen LogP contribution is -2.32. The summed E-state index contributed by atoms with van der Waals surface area (Å²) in [6.45, 7) is 2.06. The molecule has 3 heterocycles. The van der Waals surface area contributed by atoms with E-state index in [0.29, 0.717) is 35.7 Å². The van der Waals surface area contributed by atoms with E-state index in [9.17, 15) is 9.59 Å². The SMILES string of the molecule is O=C(C1CC1)N1CC[C@@H](Cn2c(-c3ccc(-c4ccc5cc[nH]c5c4)cc3)nc3ccccc3c2=O)C1. The van der Waals surface area contributed by atoms with Crippen LogP contribution in [-0.4, -0.2) is 38.4 Å². The summed E-state index contributed by atoms with van der Waals surface area (Å²) < 4.78 is 1.83. The summed E-state index contributed by atoms with van der Waals surface area (Å²) in [6.07, 6.45) is 4.91. The van der Waals surface area contributed by atoms with Crippen LogP contribution in [0.5, 0.6) is 0 Å². The first kappa shape index (κ1) is 22.0. The van der Waals surface area contributed by atoms with E-state index in [-0.39, 0.29) is 17.4 Å². The normalized spacial score (nSPS) is 17.6. The average molecular weight is 489 g/mol. The molecule has 1 N–H and O–H groups in total. The van der Waals surface area contributed by atoms with Crippen molar-refractivity contribution in [3.63, 3.8) is 0 Å². The zero-order valence-corrected chi connectivity index (χ0v) is 20.6. The number of aromatic nitrogens is 3. The molecule has 7 rings (SSSR count). The Morgan fingerprint density at radius 2 is 1.70 bits per heavy atom. The number of benzene rings is 3. The zero-order valence-electron chi connectivity index (χ0n) is 20.6. The van der Waals surface area contributed by atoms with Crippen LogP contribution in [0.1, 0.15) is 19.3 Å². The number of rotatable bonds is 5. The third-order valence-corrected chi connectivity index (χ3v) is 7.86. The van der Waals surface area contributed by atoms with Crippen molar-refractivity contribution in [3.8, 4) is 22.5 Å². The van der Waals surface area contributed by atoms with Gasteiger partial charge in [-0.25, -0.2) is 4.98 Å². The van der Waals surface area contributed by atoms with Gasteiger partial charge >= 0.3 is 0 Å². The number of nitrogens with zero attached hydrogens (tertiary/aromatic N) is 3. The van der Waals surface area contributed by atoms with Crippen LogP contribution in [0, 0.1) is 11.8 Å². The maximum atomic E-state index is 13.7. The molecular weight excluding hydrogens is 460 g/mol. The van der Waals surface area contributed by atoms with Crippen molar-refractivity contribution in [1.29, 1.82) is 0 Å². The molecular formula is C31H28N4O2. The zero-order chi connectivity index (χ0) is 24.9. The minimum atomic E-state index is -0.0196. The van der Waals surface area contributed by atoms with Crippen molar-refractivity contribution in [2.75, 3.05) is 13.1 Å². The predicted octanol–water partition coefficient (Wildman–Crippen LogP) is 5.47. The van der Waals surface area contributed by atoms with Crippen LogP contribution in [0.15, 0.2) is 83.8 Å². The standard InChI is InChI=1S/C31H28N4O2/c36-30(24-10-11-24)34-16-14-20(18-34)19-35-29(33-27-4-2-1-3-26(27)31(35)37)23-8-5-21(6-9-23)25-12-7-22-13-15-32-28(22)17-25/h1-9,12-13,15,17,20,24,32H,10-11,14,16,18-19H2/t20-/m1/s1. The smallest absolute Gasteiger partial charge is 0.261 e. The molecule has 2 aliphatic rings. The van der Waals surface area contributed by atoms with Gasteiger partial charge in [0.2, 0.25) is 5.91 Å². The fourth-order valence-corrected chi connectivity index (χ4v) is 5.63. The summed E-state index contributed by atoms with van der Waals surface area (Å²) in [5, 5.41) is 1.82. The number of hydrogen-bond donors (Lipinski definition) is 1. The van der Waals surface area contributed by atoms with Gasteiger partial charge in [-0.2, -0.15) is 0 Å². The molecule has 0 unspecified atom stereocenters. The molecule has 0 spiro atoms. The van der Waals surface area contributed by atoms with E-state index < -0.39 is 0 Å². The third-order valence-electron chi connectivity index (χ3n) is 7.86. The molecule has 0 radical (unpaired) electrons. The maximum Gasteiger partial charge on any atom is 0.261 e. The molecule has 2 aromatic heterocycles. The molecule has 1 aliphatic carbocycles. The lowest BCUT2D eigenvalue weighted by molar-refractivity contribution is -0.131. The van der Waals surface area contributed by atoms with Gasteiger partial charge in [0.15, 0.2) is 0 Å². The second kappa shape index (κ2) is 8.73. The molecule has 1 amide bonds. The fraction of sp³-hybridized carbons (Fsp3) is 0.258. The number of fused-ring (bicyclic) bond motifs is 2. The number of aromatic amines is 1. The van der Waals surface area contributed by atoms with Crippen LogP contribution in [0.2, 0.25) is 0 Å². The molecule has 1 saturated carbocycles. The summed E-state index contributed by atoms with van der Waals surface area (Å²) in [7, 11) is 0. The van der Waals surface area contributed by atoms with Gasteiger partial charge in [0, 0.05) is 42.8 Å². The number of carbonyl (C=O) groups excluding carboxylic acids is 1. The van der Waals surface area contributed by atoms with Gasteiger partial charge < -0.3 is 9.88 Å². The van der Waals surface area contributed by atoms with E-state index in [1.54, 1.807) is 0 Å². The molecule has 1 aliphatic heterocycles. The van der Waals surface area contributed by atoms with Crippen molar-refractivity contribution < 1.29 is 4.79 Å². The van der Waals surface area contributed by atoms with E-state index in [2.05, 4.69) is 53.5 Å². The highest BCUT2D eigenvalue weighted by Gasteiger charge is 2.36. The van der Waals surface area contributed by atoms with Crippen molar-refractivity contribution in [3.05, 3.63) is 89.3 Å². The maximum absolute atomic E-state index is 13.7. The summed E-state index contributed by atoms with van der Waals surface area (Å²) in [5.41, 5.74) is 4.95. The van der Waals surface area contributed by atoms with Gasteiger partial charge in [-0.15, -0.1) is 0 Å². The first-order valence-corrected chi connectivity index (χ1v) is 13.1. The van der Waals surface area contributed by atoms with E-state index in [1.807, 2.05) is 39.9 Å². The average Bonchev–Trinajstić information content (AvgIpc) is 3.49. The molecule has 1 saturated heterocycles. The van der Waals surface area contributed by atoms with Gasteiger partial charge in [-0.1, -0.05) is 48.5 Å². The largest absolute Gasteiger partial charge is 0.361 e. The molecule has 1 atom stereocenters. The molecule has 0 bridgehead atoms. The highest BCUT2D eigenvalue weighted by molar-refractivity contribution is 5.85. The number of carbonyl (C=O) groups is 1. The second-order valence-corrected chi connectivity index (χ2v) is 10.4. The van der Waals surface area contributed by atoms with Crippen molar-refractivity contribution in [2.24, 2.45) is 11.8 Å². The van der Waals surface area contributed by atoms with E-state index in [0.717, 1.165) is 48.0 Å². The van der Waals surface area contributed by atoms with E-state index >= 15 is 0 Å². The minimum absolute atomic E-state index is 0.0196. The summed E-state index contributed by atoms with van der Waals surface area (Å²) in [6, 6.07) is 24.3. The van der Waals surface area contributed by atoms with Gasteiger partial charge in [-0.05, 0) is 66.0 Å². The molecule has 6 heteroatoms. The number of amides is 1. The number of likely N-dealkylation sites (tertiary alicyclic amines) is 1. The van der Waals surface area contributed by atoms with Gasteiger partial charge in [0.1, 0.15) is 5.82 Å². The predicted molar refractivity (Wildman–Crippen MR) is 146 cm³/mol. The van der Waals surface area contributed by atoms with Crippen LogP contribution >= 0.6 is 0 Å². The van der Waals surface area contributed by atoms with Gasteiger partial charge in [-0.3, -0.25) is 14.2 Å². The first-order valence-electron chi connectivity index (χ1n) is 13.1.